The molecule has 21 heavy (non-hydrogen) atoms. The first-order chi connectivity index (χ1) is 10.2. The quantitative estimate of drug-likeness (QED) is 0.624. The fourth-order valence-corrected chi connectivity index (χ4v) is 3.45. The first-order valence-electron chi connectivity index (χ1n) is 7.78. The molecular weight excluding hydrogens is 282 g/mol. The monoisotopic (exact) mass is 309 g/mol. The number of aryl methyl sites for hydroxylation is 1. The van der Waals surface area contributed by atoms with Crippen LogP contribution in [0.1, 0.15) is 31.7 Å². The van der Waals surface area contributed by atoms with Crippen molar-refractivity contribution < 1.29 is 0 Å². The summed E-state index contributed by atoms with van der Waals surface area (Å²) in [5.41, 5.74) is 1.19. The van der Waals surface area contributed by atoms with Crippen molar-refractivity contribution in [2.45, 2.75) is 50.9 Å². The van der Waals surface area contributed by atoms with E-state index in [1.165, 1.54) is 24.8 Å². The maximum atomic E-state index is 4.66. The number of thioether (sulfide) groups is 1. The van der Waals surface area contributed by atoms with Crippen molar-refractivity contribution in [1.29, 1.82) is 0 Å². The number of guanidine groups is 1. The fourth-order valence-electron chi connectivity index (χ4n) is 2.65. The summed E-state index contributed by atoms with van der Waals surface area (Å²) in [7, 11) is 0. The zero-order chi connectivity index (χ0) is 15.1. The Morgan fingerprint density at radius 1 is 1.52 bits per heavy atom. The van der Waals surface area contributed by atoms with Crippen LogP contribution in [0.25, 0.3) is 0 Å². The molecule has 1 fully saturated rings. The van der Waals surface area contributed by atoms with Gasteiger partial charge < -0.3 is 10.6 Å². The van der Waals surface area contributed by atoms with Crippen LogP contribution in [0.4, 0.5) is 0 Å². The average Bonchev–Trinajstić information content (AvgIpc) is 3.08. The summed E-state index contributed by atoms with van der Waals surface area (Å²) >= 11 is 1.98. The van der Waals surface area contributed by atoms with E-state index in [0.717, 1.165) is 30.8 Å². The van der Waals surface area contributed by atoms with E-state index in [2.05, 4.69) is 47.0 Å². The first kappa shape index (κ1) is 16.2. The minimum atomic E-state index is 0.562. The second-order valence-corrected chi connectivity index (χ2v) is 6.69. The second-order valence-electron chi connectivity index (χ2n) is 5.55. The van der Waals surface area contributed by atoms with Crippen LogP contribution >= 0.6 is 11.8 Å². The Balaban J connectivity index is 1.81. The Hall–Kier alpha value is -1.17. The lowest BCUT2D eigenvalue weighted by atomic mass is 10.2. The molecule has 6 heteroatoms. The predicted molar refractivity (Wildman–Crippen MR) is 91.0 cm³/mol. The van der Waals surface area contributed by atoms with Gasteiger partial charge in [0.2, 0.25) is 0 Å². The normalized spacial score (nSPS) is 22.5. The Morgan fingerprint density at radius 3 is 3.00 bits per heavy atom. The first-order valence-corrected chi connectivity index (χ1v) is 9.06. The molecule has 0 bridgehead atoms. The summed E-state index contributed by atoms with van der Waals surface area (Å²) in [6.07, 6.45) is 9.94. The minimum absolute atomic E-state index is 0.562. The third-order valence-electron chi connectivity index (χ3n) is 3.76. The summed E-state index contributed by atoms with van der Waals surface area (Å²) in [6, 6.07) is 0.562. The smallest absolute Gasteiger partial charge is 0.191 e. The highest BCUT2D eigenvalue weighted by Gasteiger charge is 2.24. The summed E-state index contributed by atoms with van der Waals surface area (Å²) < 4.78 is 1.95. The Bertz CT molecular complexity index is 457. The van der Waals surface area contributed by atoms with Gasteiger partial charge in [0.15, 0.2) is 5.96 Å². The molecule has 118 valence electrons. The minimum Gasteiger partial charge on any atom is -0.357 e. The number of aromatic nitrogens is 2. The maximum Gasteiger partial charge on any atom is 0.191 e. The number of hydrogen-bond acceptors (Lipinski definition) is 3. The largest absolute Gasteiger partial charge is 0.357 e. The molecule has 0 radical (unpaired) electrons. The molecule has 0 saturated heterocycles. The highest BCUT2D eigenvalue weighted by molar-refractivity contribution is 7.99. The molecule has 1 aromatic rings. The van der Waals surface area contributed by atoms with Crippen molar-refractivity contribution in [1.82, 2.24) is 20.4 Å². The molecule has 0 spiro atoms. The van der Waals surface area contributed by atoms with Gasteiger partial charge in [0, 0.05) is 24.0 Å². The van der Waals surface area contributed by atoms with E-state index in [-0.39, 0.29) is 0 Å². The maximum absolute atomic E-state index is 4.66. The molecule has 1 aliphatic rings. The van der Waals surface area contributed by atoms with Crippen LogP contribution in [0, 0.1) is 6.92 Å². The summed E-state index contributed by atoms with van der Waals surface area (Å²) in [5, 5.41) is 12.0. The van der Waals surface area contributed by atoms with E-state index in [9.17, 15) is 0 Å². The lowest BCUT2D eigenvalue weighted by Crippen LogP contribution is -2.42. The molecule has 0 aliphatic heterocycles. The molecule has 1 aromatic heterocycles. The van der Waals surface area contributed by atoms with Gasteiger partial charge in [0.05, 0.1) is 19.3 Å². The second kappa shape index (κ2) is 8.32. The summed E-state index contributed by atoms with van der Waals surface area (Å²) in [4.78, 5) is 4.66. The van der Waals surface area contributed by atoms with Crippen LogP contribution in [-0.2, 0) is 6.54 Å². The highest BCUT2D eigenvalue weighted by atomic mass is 32.2. The average molecular weight is 309 g/mol. The van der Waals surface area contributed by atoms with Gasteiger partial charge in [-0.05, 0) is 44.9 Å². The zero-order valence-corrected chi connectivity index (χ0v) is 14.1. The molecule has 1 aliphatic carbocycles. The number of aliphatic imine (C=N–C) groups is 1. The number of hydrogen-bond donors (Lipinski definition) is 2. The molecule has 2 rings (SSSR count). The highest BCUT2D eigenvalue weighted by Crippen LogP contribution is 2.27. The van der Waals surface area contributed by atoms with Crippen molar-refractivity contribution in [3.63, 3.8) is 0 Å². The Kier molecular flexibility index (Phi) is 6.42. The molecule has 2 unspecified atom stereocenters. The fraction of sp³-hybridized carbons (Fsp3) is 0.733. The zero-order valence-electron chi connectivity index (χ0n) is 13.3. The Morgan fingerprint density at radius 2 is 2.38 bits per heavy atom. The molecule has 1 heterocycles. The van der Waals surface area contributed by atoms with Crippen LogP contribution in [0.5, 0.6) is 0 Å². The van der Waals surface area contributed by atoms with Gasteiger partial charge in [0.1, 0.15) is 0 Å². The number of rotatable bonds is 6. The van der Waals surface area contributed by atoms with E-state index in [1.54, 1.807) is 0 Å². The Labute approximate surface area is 132 Å². The lowest BCUT2D eigenvalue weighted by Gasteiger charge is -2.17. The van der Waals surface area contributed by atoms with Gasteiger partial charge in [-0.25, -0.2) is 0 Å². The van der Waals surface area contributed by atoms with E-state index < -0.39 is 0 Å². The molecule has 2 N–H and O–H groups in total. The van der Waals surface area contributed by atoms with Crippen LogP contribution < -0.4 is 10.6 Å². The summed E-state index contributed by atoms with van der Waals surface area (Å²) in [5.74, 6) is 0.938. The van der Waals surface area contributed by atoms with E-state index in [0.29, 0.717) is 6.04 Å². The van der Waals surface area contributed by atoms with Crippen molar-refractivity contribution in [3.8, 4) is 0 Å². The number of nitrogens with one attached hydrogen (secondary N) is 2. The summed E-state index contributed by atoms with van der Waals surface area (Å²) in [6.45, 7) is 6.62. The molecule has 2 atom stereocenters. The van der Waals surface area contributed by atoms with Crippen molar-refractivity contribution in [2.24, 2.45) is 4.99 Å². The van der Waals surface area contributed by atoms with E-state index in [4.69, 9.17) is 0 Å². The van der Waals surface area contributed by atoms with Gasteiger partial charge in [-0.2, -0.15) is 16.9 Å². The van der Waals surface area contributed by atoms with Gasteiger partial charge in [-0.3, -0.25) is 9.67 Å². The third-order valence-corrected chi connectivity index (χ3v) is 4.86. The van der Waals surface area contributed by atoms with Gasteiger partial charge in [-0.1, -0.05) is 0 Å². The van der Waals surface area contributed by atoms with Gasteiger partial charge in [0.25, 0.3) is 0 Å². The van der Waals surface area contributed by atoms with Gasteiger partial charge in [-0.15, -0.1) is 0 Å². The third kappa shape index (κ3) is 5.26. The predicted octanol–water partition coefficient (Wildman–Crippen LogP) is 2.03. The molecule has 5 nitrogen and oxygen atoms in total. The van der Waals surface area contributed by atoms with Crippen LogP contribution in [0.3, 0.4) is 0 Å². The SMILES string of the molecule is CCNC(=NCCn1cc(C)cn1)NC1CCC(SC)C1. The van der Waals surface area contributed by atoms with Crippen LogP contribution in [0.15, 0.2) is 17.4 Å². The van der Waals surface area contributed by atoms with Crippen molar-refractivity contribution in [2.75, 3.05) is 19.3 Å². The molecular formula is C15H27N5S. The molecule has 1 saturated carbocycles. The number of nitrogens with zero attached hydrogens (tertiary/aromatic N) is 3. The lowest BCUT2D eigenvalue weighted by molar-refractivity contribution is 0.600. The molecule has 0 amide bonds. The standard InChI is InChI=1S/C15H27N5S/c1-4-16-15(19-13-5-6-14(9-13)21-3)17-7-8-20-11-12(2)10-18-20/h10-11,13-14H,4-9H2,1-3H3,(H2,16,17,19). The van der Waals surface area contributed by atoms with Gasteiger partial charge >= 0.3 is 0 Å². The van der Waals surface area contributed by atoms with Crippen molar-refractivity contribution in [3.05, 3.63) is 18.0 Å². The van der Waals surface area contributed by atoms with Crippen LogP contribution in [-0.4, -0.2) is 46.4 Å². The molecule has 0 aromatic carbocycles. The topological polar surface area (TPSA) is 54.2 Å². The van der Waals surface area contributed by atoms with E-state index in [1.807, 2.05) is 22.6 Å². The van der Waals surface area contributed by atoms with E-state index >= 15 is 0 Å². The van der Waals surface area contributed by atoms with Crippen LogP contribution in [0.2, 0.25) is 0 Å². The van der Waals surface area contributed by atoms with Crippen molar-refractivity contribution >= 4 is 17.7 Å².